The van der Waals surface area contributed by atoms with Gasteiger partial charge in [0.1, 0.15) is 0 Å². The summed E-state index contributed by atoms with van der Waals surface area (Å²) in [6.45, 7) is 6.17. The summed E-state index contributed by atoms with van der Waals surface area (Å²) >= 11 is 1.69. The third-order valence-corrected chi connectivity index (χ3v) is 3.62. The second-order valence-electron chi connectivity index (χ2n) is 4.31. The second kappa shape index (κ2) is 4.23. The lowest BCUT2D eigenvalue weighted by Crippen LogP contribution is -2.03. The lowest BCUT2D eigenvalue weighted by Gasteiger charge is -2.12. The minimum Gasteiger partial charge on any atom is -0.242 e. The Balaban J connectivity index is 2.50. The van der Waals surface area contributed by atoms with Crippen molar-refractivity contribution in [3.8, 4) is 6.07 Å². The van der Waals surface area contributed by atoms with Gasteiger partial charge in [0.25, 0.3) is 0 Å². The van der Waals surface area contributed by atoms with Gasteiger partial charge in [0.2, 0.25) is 0 Å². The van der Waals surface area contributed by atoms with E-state index in [2.05, 4.69) is 31.0 Å². The first-order valence-electron chi connectivity index (χ1n) is 5.38. The Morgan fingerprint density at radius 3 is 2.75 bits per heavy atom. The monoisotopic (exact) mass is 230 g/mol. The van der Waals surface area contributed by atoms with E-state index in [4.69, 9.17) is 5.26 Å². The zero-order chi connectivity index (χ0) is 11.7. The summed E-state index contributed by atoms with van der Waals surface area (Å²) in [5.41, 5.74) is 2.14. The molecule has 82 valence electrons. The zero-order valence-corrected chi connectivity index (χ0v) is 10.5. The SMILES string of the molecule is Cc1nc2ccc(C(C#N)C(C)C)cc2s1. The summed E-state index contributed by atoms with van der Waals surface area (Å²) in [5, 5.41) is 10.2. The van der Waals surface area contributed by atoms with Crippen molar-refractivity contribution in [3.05, 3.63) is 28.8 Å². The van der Waals surface area contributed by atoms with Crippen LogP contribution in [-0.4, -0.2) is 4.98 Å². The molecule has 1 aromatic carbocycles. The molecule has 0 aliphatic carbocycles. The van der Waals surface area contributed by atoms with Crippen LogP contribution in [0.2, 0.25) is 0 Å². The van der Waals surface area contributed by atoms with Crippen LogP contribution in [0.1, 0.15) is 30.3 Å². The van der Waals surface area contributed by atoms with Crippen LogP contribution in [0.15, 0.2) is 18.2 Å². The summed E-state index contributed by atoms with van der Waals surface area (Å²) in [5.74, 6) is 0.322. The van der Waals surface area contributed by atoms with Crippen molar-refractivity contribution in [1.82, 2.24) is 4.98 Å². The van der Waals surface area contributed by atoms with Crippen LogP contribution >= 0.6 is 11.3 Å². The molecule has 1 unspecified atom stereocenters. The topological polar surface area (TPSA) is 36.7 Å². The maximum atomic E-state index is 9.16. The third kappa shape index (κ3) is 1.94. The van der Waals surface area contributed by atoms with Crippen molar-refractivity contribution in [1.29, 1.82) is 5.26 Å². The summed E-state index contributed by atoms with van der Waals surface area (Å²) in [4.78, 5) is 4.42. The minimum atomic E-state index is -0.0215. The number of nitrogens with zero attached hydrogens (tertiary/aromatic N) is 2. The fourth-order valence-electron chi connectivity index (χ4n) is 1.86. The van der Waals surface area contributed by atoms with Gasteiger partial charge in [-0.3, -0.25) is 0 Å². The zero-order valence-electron chi connectivity index (χ0n) is 9.69. The number of nitriles is 1. The fraction of sp³-hybridized carbons (Fsp3) is 0.385. The smallest absolute Gasteiger partial charge is 0.0907 e. The van der Waals surface area contributed by atoms with Gasteiger partial charge >= 0.3 is 0 Å². The standard InChI is InChI=1S/C13H14N2S/c1-8(2)11(7-14)10-4-5-12-13(6-10)16-9(3)15-12/h4-6,8,11H,1-3H3. The number of benzene rings is 1. The molecular formula is C13H14N2S. The van der Waals surface area contributed by atoms with Gasteiger partial charge in [-0.25, -0.2) is 4.98 Å². The molecular weight excluding hydrogens is 216 g/mol. The predicted octanol–water partition coefficient (Wildman–Crippen LogP) is 3.87. The van der Waals surface area contributed by atoms with Gasteiger partial charge in [0, 0.05) is 0 Å². The van der Waals surface area contributed by atoms with Crippen molar-refractivity contribution in [3.63, 3.8) is 0 Å². The van der Waals surface area contributed by atoms with Crippen molar-refractivity contribution in [2.24, 2.45) is 5.92 Å². The average molecular weight is 230 g/mol. The second-order valence-corrected chi connectivity index (χ2v) is 5.55. The van der Waals surface area contributed by atoms with Crippen LogP contribution < -0.4 is 0 Å². The normalized spacial score (nSPS) is 12.9. The molecule has 0 saturated heterocycles. The molecule has 0 aliphatic rings. The van der Waals surface area contributed by atoms with E-state index in [1.165, 1.54) is 4.70 Å². The van der Waals surface area contributed by atoms with E-state index in [1.54, 1.807) is 11.3 Å². The molecule has 0 spiro atoms. The van der Waals surface area contributed by atoms with E-state index in [1.807, 2.05) is 19.1 Å². The molecule has 0 radical (unpaired) electrons. The fourth-order valence-corrected chi connectivity index (χ4v) is 2.73. The summed E-state index contributed by atoms with van der Waals surface area (Å²) in [6, 6.07) is 8.52. The largest absolute Gasteiger partial charge is 0.242 e. The molecule has 1 atom stereocenters. The summed E-state index contributed by atoms with van der Waals surface area (Å²) in [6.07, 6.45) is 0. The molecule has 2 rings (SSSR count). The Labute approximate surface area is 99.6 Å². The van der Waals surface area contributed by atoms with Crippen molar-refractivity contribution >= 4 is 21.6 Å². The van der Waals surface area contributed by atoms with Crippen molar-refractivity contribution in [2.75, 3.05) is 0 Å². The lowest BCUT2D eigenvalue weighted by atomic mass is 9.90. The molecule has 0 bridgehead atoms. The van der Waals surface area contributed by atoms with Crippen molar-refractivity contribution in [2.45, 2.75) is 26.7 Å². The molecule has 16 heavy (non-hydrogen) atoms. The van der Waals surface area contributed by atoms with Crippen LogP contribution in [-0.2, 0) is 0 Å². The average Bonchev–Trinajstić information content (AvgIpc) is 2.57. The molecule has 1 heterocycles. The minimum absolute atomic E-state index is 0.0215. The number of fused-ring (bicyclic) bond motifs is 1. The van der Waals surface area contributed by atoms with Gasteiger partial charge in [-0.2, -0.15) is 5.26 Å². The predicted molar refractivity (Wildman–Crippen MR) is 67.5 cm³/mol. The highest BCUT2D eigenvalue weighted by atomic mass is 32.1. The molecule has 2 nitrogen and oxygen atoms in total. The summed E-state index contributed by atoms with van der Waals surface area (Å²) in [7, 11) is 0. The van der Waals surface area contributed by atoms with Gasteiger partial charge < -0.3 is 0 Å². The molecule has 0 amide bonds. The molecule has 0 N–H and O–H groups in total. The Morgan fingerprint density at radius 1 is 1.38 bits per heavy atom. The molecule has 0 aliphatic heterocycles. The first-order valence-corrected chi connectivity index (χ1v) is 6.20. The van der Waals surface area contributed by atoms with Crippen LogP contribution in [0.5, 0.6) is 0 Å². The van der Waals surface area contributed by atoms with Crippen LogP contribution in [0.25, 0.3) is 10.2 Å². The highest BCUT2D eigenvalue weighted by molar-refractivity contribution is 7.18. The van der Waals surface area contributed by atoms with Gasteiger partial charge in [-0.1, -0.05) is 19.9 Å². The van der Waals surface area contributed by atoms with E-state index in [9.17, 15) is 0 Å². The number of rotatable bonds is 2. The van der Waals surface area contributed by atoms with Crippen molar-refractivity contribution < 1.29 is 0 Å². The number of thiazole rings is 1. The number of hydrogen-bond donors (Lipinski definition) is 0. The van der Waals surface area contributed by atoms with Gasteiger partial charge in [0.15, 0.2) is 0 Å². The third-order valence-electron chi connectivity index (χ3n) is 2.68. The van der Waals surface area contributed by atoms with E-state index >= 15 is 0 Å². The van der Waals surface area contributed by atoms with E-state index in [-0.39, 0.29) is 5.92 Å². The van der Waals surface area contributed by atoms with Crippen LogP contribution in [0.3, 0.4) is 0 Å². The molecule has 0 saturated carbocycles. The number of hydrogen-bond acceptors (Lipinski definition) is 3. The van der Waals surface area contributed by atoms with Crippen LogP contribution in [0, 0.1) is 24.2 Å². The van der Waals surface area contributed by atoms with E-state index in [0.29, 0.717) is 5.92 Å². The quantitative estimate of drug-likeness (QED) is 0.785. The summed E-state index contributed by atoms with van der Waals surface area (Å²) < 4.78 is 1.18. The Bertz CT molecular complexity index is 549. The maximum absolute atomic E-state index is 9.16. The first kappa shape index (κ1) is 11.1. The molecule has 3 heteroatoms. The molecule has 2 aromatic rings. The Hall–Kier alpha value is -1.40. The van der Waals surface area contributed by atoms with E-state index < -0.39 is 0 Å². The lowest BCUT2D eigenvalue weighted by molar-refractivity contribution is 0.588. The highest BCUT2D eigenvalue weighted by Gasteiger charge is 2.15. The van der Waals surface area contributed by atoms with Gasteiger partial charge in [-0.15, -0.1) is 11.3 Å². The van der Waals surface area contributed by atoms with Crippen LogP contribution in [0.4, 0.5) is 0 Å². The van der Waals surface area contributed by atoms with Gasteiger partial charge in [0.05, 0.1) is 27.2 Å². The number of aromatic nitrogens is 1. The first-order chi connectivity index (χ1) is 7.61. The Morgan fingerprint density at radius 2 is 2.12 bits per heavy atom. The number of aryl methyl sites for hydroxylation is 1. The highest BCUT2D eigenvalue weighted by Crippen LogP contribution is 2.29. The van der Waals surface area contributed by atoms with Gasteiger partial charge in [-0.05, 0) is 30.5 Å². The maximum Gasteiger partial charge on any atom is 0.0907 e. The van der Waals surface area contributed by atoms with E-state index in [0.717, 1.165) is 16.1 Å². The molecule has 1 aromatic heterocycles. The Kier molecular flexibility index (Phi) is 2.93. The molecule has 0 fully saturated rings.